The van der Waals surface area contributed by atoms with Gasteiger partial charge >= 0.3 is 0 Å². The lowest BCUT2D eigenvalue weighted by molar-refractivity contribution is 0.139. The zero-order valence-electron chi connectivity index (χ0n) is 11.6. The highest BCUT2D eigenvalue weighted by Gasteiger charge is 2.31. The molecular formula is C14H25N3OS. The second kappa shape index (κ2) is 7.08. The summed E-state index contributed by atoms with van der Waals surface area (Å²) >= 11 is 5.40. The monoisotopic (exact) mass is 283 g/mol. The molecule has 0 radical (unpaired) electrons. The van der Waals surface area contributed by atoms with Crippen molar-refractivity contribution in [3.63, 3.8) is 0 Å². The highest BCUT2D eigenvalue weighted by atomic mass is 32.1. The topological polar surface area (TPSA) is 62.3 Å². The molecule has 19 heavy (non-hydrogen) atoms. The lowest BCUT2D eigenvalue weighted by Gasteiger charge is -2.42. The van der Waals surface area contributed by atoms with Gasteiger partial charge in [-0.1, -0.05) is 38.5 Å². The Morgan fingerprint density at radius 1 is 0.947 bits per heavy atom. The van der Waals surface area contributed by atoms with Crippen LogP contribution in [0.25, 0.3) is 0 Å². The third-order valence-electron chi connectivity index (χ3n) is 4.34. The van der Waals surface area contributed by atoms with Crippen LogP contribution in [0.2, 0.25) is 0 Å². The highest BCUT2D eigenvalue weighted by molar-refractivity contribution is 7.80. The summed E-state index contributed by atoms with van der Waals surface area (Å²) < 4.78 is 5.24. The van der Waals surface area contributed by atoms with E-state index in [2.05, 4.69) is 4.90 Å². The van der Waals surface area contributed by atoms with Crippen molar-refractivity contribution in [2.75, 3.05) is 0 Å². The number of nitrogens with zero attached hydrogens (tertiary/aromatic N) is 1. The minimum absolute atomic E-state index is 0.290. The minimum Gasteiger partial charge on any atom is -0.399 e. The fourth-order valence-electron chi connectivity index (χ4n) is 3.46. The fourth-order valence-corrected chi connectivity index (χ4v) is 3.85. The summed E-state index contributed by atoms with van der Waals surface area (Å²) in [6.45, 7) is 0. The van der Waals surface area contributed by atoms with E-state index in [1.807, 2.05) is 0 Å². The summed E-state index contributed by atoms with van der Waals surface area (Å²) in [4.78, 5) is 2.27. The number of hydrogen-bond acceptors (Lipinski definition) is 3. The predicted octanol–water partition coefficient (Wildman–Crippen LogP) is 3.15. The molecule has 2 aliphatic carbocycles. The van der Waals surface area contributed by atoms with E-state index in [9.17, 15) is 0 Å². The smallest absolute Gasteiger partial charge is 0.286 e. The highest BCUT2D eigenvalue weighted by Crippen LogP contribution is 2.30. The van der Waals surface area contributed by atoms with Gasteiger partial charge in [0.1, 0.15) is 0 Å². The lowest BCUT2D eigenvalue weighted by atomic mass is 9.89. The Hall–Kier alpha value is -0.840. The van der Waals surface area contributed by atoms with E-state index in [-0.39, 0.29) is 6.02 Å². The van der Waals surface area contributed by atoms with Gasteiger partial charge in [0.25, 0.3) is 11.2 Å². The van der Waals surface area contributed by atoms with Crippen molar-refractivity contribution in [1.29, 1.82) is 5.41 Å². The molecular weight excluding hydrogens is 258 g/mol. The van der Waals surface area contributed by atoms with E-state index in [0.29, 0.717) is 17.3 Å². The molecule has 0 saturated heterocycles. The van der Waals surface area contributed by atoms with E-state index in [0.717, 1.165) is 0 Å². The van der Waals surface area contributed by atoms with Gasteiger partial charge in [-0.3, -0.25) is 5.41 Å². The molecule has 0 aliphatic heterocycles. The normalized spacial score (nSPS) is 21.9. The SMILES string of the molecule is N=C(N)OC(=S)N(C1CCCCC1)C1CCCCC1. The first kappa shape index (κ1) is 14.6. The standard InChI is InChI=1S/C14H25N3OS/c15-13(16)18-14(19)17(11-7-3-1-4-8-11)12-9-5-2-6-10-12/h11-12H,1-10H2,(H3,15,16). The Kier molecular flexibility index (Phi) is 5.43. The molecule has 0 amide bonds. The number of hydrogen-bond donors (Lipinski definition) is 2. The molecule has 108 valence electrons. The van der Waals surface area contributed by atoms with E-state index in [4.69, 9.17) is 28.1 Å². The zero-order chi connectivity index (χ0) is 13.7. The predicted molar refractivity (Wildman–Crippen MR) is 81.2 cm³/mol. The fraction of sp³-hybridized carbons (Fsp3) is 0.857. The van der Waals surface area contributed by atoms with Crippen LogP contribution in [0, 0.1) is 5.41 Å². The van der Waals surface area contributed by atoms with Crippen molar-refractivity contribution < 1.29 is 4.74 Å². The van der Waals surface area contributed by atoms with Crippen LogP contribution in [0.1, 0.15) is 64.2 Å². The first-order chi connectivity index (χ1) is 9.18. The summed E-state index contributed by atoms with van der Waals surface area (Å²) in [6.07, 6.45) is 12.5. The van der Waals surface area contributed by atoms with Gasteiger partial charge in [0.15, 0.2) is 0 Å². The second-order valence-corrected chi connectivity index (χ2v) is 6.07. The van der Waals surface area contributed by atoms with Gasteiger partial charge in [0.05, 0.1) is 0 Å². The summed E-state index contributed by atoms with van der Waals surface area (Å²) in [6, 6.07) is 0.689. The number of thiocarbonyl (C=S) groups is 1. The van der Waals surface area contributed by atoms with Gasteiger partial charge in [0, 0.05) is 12.1 Å². The summed E-state index contributed by atoms with van der Waals surface area (Å²) in [5.41, 5.74) is 5.34. The molecule has 0 spiro atoms. The molecule has 0 bridgehead atoms. The van der Waals surface area contributed by atoms with Crippen LogP contribution < -0.4 is 5.73 Å². The Bertz CT molecular complexity index is 305. The van der Waals surface area contributed by atoms with Gasteiger partial charge in [-0.2, -0.15) is 0 Å². The van der Waals surface area contributed by atoms with Gasteiger partial charge in [-0.05, 0) is 37.9 Å². The van der Waals surface area contributed by atoms with Crippen LogP contribution in [0.3, 0.4) is 0 Å². The third-order valence-corrected chi connectivity index (χ3v) is 4.64. The van der Waals surface area contributed by atoms with Crippen molar-refractivity contribution in [2.24, 2.45) is 5.73 Å². The Morgan fingerprint density at radius 2 is 1.37 bits per heavy atom. The summed E-state index contributed by atoms with van der Waals surface area (Å²) in [5.74, 6) is 0. The first-order valence-corrected chi connectivity index (χ1v) is 7.93. The molecule has 0 aromatic carbocycles. The van der Waals surface area contributed by atoms with Crippen LogP contribution in [0.15, 0.2) is 0 Å². The van der Waals surface area contributed by atoms with Gasteiger partial charge in [-0.15, -0.1) is 0 Å². The largest absolute Gasteiger partial charge is 0.399 e. The van der Waals surface area contributed by atoms with Gasteiger partial charge in [-0.25, -0.2) is 0 Å². The molecule has 2 fully saturated rings. The molecule has 0 atom stereocenters. The van der Waals surface area contributed by atoms with Gasteiger partial charge in [0.2, 0.25) is 0 Å². The van der Waals surface area contributed by atoms with Crippen molar-refractivity contribution in [2.45, 2.75) is 76.3 Å². The van der Waals surface area contributed by atoms with Crippen molar-refractivity contribution in [3.05, 3.63) is 0 Å². The average Bonchev–Trinajstić information content (AvgIpc) is 2.40. The van der Waals surface area contributed by atoms with Crippen molar-refractivity contribution >= 4 is 23.4 Å². The minimum atomic E-state index is -0.290. The zero-order valence-corrected chi connectivity index (χ0v) is 12.4. The maximum absolute atomic E-state index is 7.29. The van der Waals surface area contributed by atoms with Crippen LogP contribution in [-0.2, 0) is 4.74 Å². The third kappa shape index (κ3) is 4.06. The second-order valence-electron chi connectivity index (χ2n) is 5.72. The molecule has 2 rings (SSSR count). The van der Waals surface area contributed by atoms with Crippen LogP contribution >= 0.6 is 12.2 Å². The van der Waals surface area contributed by atoms with Crippen LogP contribution in [0.4, 0.5) is 0 Å². The quantitative estimate of drug-likeness (QED) is 0.464. The molecule has 0 aromatic rings. The van der Waals surface area contributed by atoms with E-state index >= 15 is 0 Å². The van der Waals surface area contributed by atoms with E-state index < -0.39 is 0 Å². The van der Waals surface area contributed by atoms with E-state index in [1.54, 1.807) is 0 Å². The number of rotatable bonds is 2. The number of amidine groups is 1. The number of ether oxygens (including phenoxy) is 1. The molecule has 5 heteroatoms. The Labute approximate surface area is 121 Å². The van der Waals surface area contributed by atoms with E-state index in [1.165, 1.54) is 64.2 Å². The molecule has 0 unspecified atom stereocenters. The van der Waals surface area contributed by atoms with Crippen molar-refractivity contribution in [3.8, 4) is 0 Å². The van der Waals surface area contributed by atoms with Crippen LogP contribution in [0.5, 0.6) is 0 Å². The van der Waals surface area contributed by atoms with Gasteiger partial charge < -0.3 is 15.4 Å². The number of nitrogens with two attached hydrogens (primary N) is 1. The van der Waals surface area contributed by atoms with Crippen LogP contribution in [-0.4, -0.2) is 28.2 Å². The molecule has 4 nitrogen and oxygen atoms in total. The lowest BCUT2D eigenvalue weighted by Crippen LogP contribution is -2.49. The van der Waals surface area contributed by atoms with Crippen molar-refractivity contribution in [1.82, 2.24) is 4.90 Å². The Balaban J connectivity index is 2.06. The Morgan fingerprint density at radius 3 is 1.74 bits per heavy atom. The molecule has 2 saturated carbocycles. The summed E-state index contributed by atoms with van der Waals surface area (Å²) in [5, 5.41) is 7.71. The summed E-state index contributed by atoms with van der Waals surface area (Å²) in [7, 11) is 0. The maximum atomic E-state index is 7.29. The maximum Gasteiger partial charge on any atom is 0.286 e. The molecule has 0 heterocycles. The number of nitrogens with one attached hydrogen (secondary N) is 1. The molecule has 0 aromatic heterocycles. The first-order valence-electron chi connectivity index (χ1n) is 7.52. The molecule has 2 aliphatic rings. The molecule has 3 N–H and O–H groups in total. The average molecular weight is 283 g/mol.